The van der Waals surface area contributed by atoms with Crippen LogP contribution in [0.15, 0.2) is 12.5 Å². The zero-order valence-electron chi connectivity index (χ0n) is 9.74. The van der Waals surface area contributed by atoms with Gasteiger partial charge in [0.2, 0.25) is 0 Å². The fraction of sp³-hybridized carbons (Fsp3) is 0.750. The van der Waals surface area contributed by atoms with Crippen LogP contribution in [0.2, 0.25) is 0 Å². The van der Waals surface area contributed by atoms with Crippen LogP contribution in [0.25, 0.3) is 0 Å². The number of nitrogens with zero attached hydrogens (tertiary/aromatic N) is 2. The summed E-state index contributed by atoms with van der Waals surface area (Å²) in [5.74, 6) is 0.812. The SMILES string of the molecule is CCCNC(c1cn(C)cn1)C1CCC1. The molecule has 1 atom stereocenters. The Morgan fingerprint density at radius 2 is 2.40 bits per heavy atom. The molecule has 84 valence electrons. The molecule has 15 heavy (non-hydrogen) atoms. The van der Waals surface area contributed by atoms with E-state index in [-0.39, 0.29) is 0 Å². The Labute approximate surface area is 91.9 Å². The molecule has 1 unspecified atom stereocenters. The molecule has 3 nitrogen and oxygen atoms in total. The van der Waals surface area contributed by atoms with E-state index in [4.69, 9.17) is 0 Å². The fourth-order valence-corrected chi connectivity index (χ4v) is 2.18. The maximum absolute atomic E-state index is 4.47. The molecule has 0 aromatic carbocycles. The molecule has 2 rings (SSSR count). The molecule has 0 spiro atoms. The van der Waals surface area contributed by atoms with Gasteiger partial charge in [-0.3, -0.25) is 0 Å². The molecule has 1 heterocycles. The first-order valence-electron chi connectivity index (χ1n) is 6.02. The molecule has 0 amide bonds. The Hall–Kier alpha value is -0.830. The number of imidazole rings is 1. The van der Waals surface area contributed by atoms with Crippen LogP contribution >= 0.6 is 0 Å². The van der Waals surface area contributed by atoms with Crippen molar-refractivity contribution in [2.45, 2.75) is 38.6 Å². The summed E-state index contributed by atoms with van der Waals surface area (Å²) in [7, 11) is 2.04. The third-order valence-corrected chi connectivity index (χ3v) is 3.28. The predicted molar refractivity (Wildman–Crippen MR) is 61.6 cm³/mol. The standard InChI is InChI=1S/C12H21N3/c1-3-7-13-12(10-5-4-6-10)11-8-15(2)9-14-11/h8-10,12-13H,3-7H2,1-2H3. The lowest BCUT2D eigenvalue weighted by molar-refractivity contribution is 0.228. The second kappa shape index (κ2) is 4.79. The first-order chi connectivity index (χ1) is 7.31. The third kappa shape index (κ3) is 2.40. The molecule has 1 aliphatic carbocycles. The van der Waals surface area contributed by atoms with Crippen molar-refractivity contribution in [2.24, 2.45) is 13.0 Å². The lowest BCUT2D eigenvalue weighted by Crippen LogP contribution is -2.32. The van der Waals surface area contributed by atoms with Gasteiger partial charge in [0.15, 0.2) is 0 Å². The van der Waals surface area contributed by atoms with E-state index in [1.54, 1.807) is 0 Å². The number of aryl methyl sites for hydroxylation is 1. The Bertz CT molecular complexity index is 302. The smallest absolute Gasteiger partial charge is 0.0947 e. The molecule has 1 fully saturated rings. The molecular formula is C12H21N3. The van der Waals surface area contributed by atoms with Gasteiger partial charge in [-0.1, -0.05) is 13.3 Å². The van der Waals surface area contributed by atoms with Crippen molar-refractivity contribution >= 4 is 0 Å². The summed E-state index contributed by atoms with van der Waals surface area (Å²) in [4.78, 5) is 4.47. The van der Waals surface area contributed by atoms with Crippen LogP contribution < -0.4 is 5.32 Å². The van der Waals surface area contributed by atoms with Crippen LogP contribution in [0.4, 0.5) is 0 Å². The van der Waals surface area contributed by atoms with Gasteiger partial charge in [-0.2, -0.15) is 0 Å². The highest BCUT2D eigenvalue weighted by Gasteiger charge is 2.29. The molecule has 1 aromatic rings. The molecule has 1 aromatic heterocycles. The van der Waals surface area contributed by atoms with E-state index in [9.17, 15) is 0 Å². The first-order valence-corrected chi connectivity index (χ1v) is 6.02. The minimum Gasteiger partial charge on any atom is -0.340 e. The van der Waals surface area contributed by atoms with E-state index in [0.717, 1.165) is 12.5 Å². The number of rotatable bonds is 5. The largest absolute Gasteiger partial charge is 0.340 e. The van der Waals surface area contributed by atoms with Crippen molar-refractivity contribution in [3.63, 3.8) is 0 Å². The Morgan fingerprint density at radius 1 is 1.60 bits per heavy atom. The van der Waals surface area contributed by atoms with Gasteiger partial charge < -0.3 is 9.88 Å². The summed E-state index contributed by atoms with van der Waals surface area (Å²) >= 11 is 0. The number of hydrogen-bond donors (Lipinski definition) is 1. The van der Waals surface area contributed by atoms with Gasteiger partial charge in [0, 0.05) is 13.2 Å². The van der Waals surface area contributed by atoms with Crippen LogP contribution in [0, 0.1) is 5.92 Å². The van der Waals surface area contributed by atoms with E-state index in [2.05, 4.69) is 23.4 Å². The average Bonchev–Trinajstić information content (AvgIpc) is 2.56. The van der Waals surface area contributed by atoms with Crippen molar-refractivity contribution < 1.29 is 0 Å². The molecule has 3 heteroatoms. The number of aromatic nitrogens is 2. The van der Waals surface area contributed by atoms with E-state index in [1.165, 1.54) is 31.4 Å². The van der Waals surface area contributed by atoms with Gasteiger partial charge >= 0.3 is 0 Å². The van der Waals surface area contributed by atoms with E-state index in [1.807, 2.05) is 17.9 Å². The minimum atomic E-state index is 0.486. The molecule has 0 bridgehead atoms. The van der Waals surface area contributed by atoms with Gasteiger partial charge in [-0.15, -0.1) is 0 Å². The second-order valence-corrected chi connectivity index (χ2v) is 4.59. The summed E-state index contributed by atoms with van der Waals surface area (Å²) in [6.07, 6.45) is 9.34. The van der Waals surface area contributed by atoms with Gasteiger partial charge in [0.25, 0.3) is 0 Å². The Balaban J connectivity index is 2.03. The maximum atomic E-state index is 4.47. The zero-order chi connectivity index (χ0) is 10.7. The van der Waals surface area contributed by atoms with E-state index >= 15 is 0 Å². The van der Waals surface area contributed by atoms with Crippen molar-refractivity contribution in [1.82, 2.24) is 14.9 Å². The lowest BCUT2D eigenvalue weighted by Gasteiger charge is -2.33. The van der Waals surface area contributed by atoms with Crippen LogP contribution in [0.1, 0.15) is 44.3 Å². The molecule has 0 saturated heterocycles. The van der Waals surface area contributed by atoms with Crippen molar-refractivity contribution in [2.75, 3.05) is 6.54 Å². The Morgan fingerprint density at radius 3 is 2.87 bits per heavy atom. The van der Waals surface area contributed by atoms with E-state index < -0.39 is 0 Å². The molecule has 1 saturated carbocycles. The number of nitrogens with one attached hydrogen (secondary N) is 1. The average molecular weight is 207 g/mol. The maximum Gasteiger partial charge on any atom is 0.0947 e. The predicted octanol–water partition coefficient (Wildman–Crippen LogP) is 2.26. The highest BCUT2D eigenvalue weighted by molar-refractivity contribution is 5.07. The normalized spacial score (nSPS) is 18.8. The van der Waals surface area contributed by atoms with Crippen LogP contribution in [-0.2, 0) is 7.05 Å². The summed E-state index contributed by atoms with van der Waals surface area (Å²) in [5, 5.41) is 3.63. The van der Waals surface area contributed by atoms with Crippen LogP contribution in [0.3, 0.4) is 0 Å². The zero-order valence-corrected chi connectivity index (χ0v) is 9.74. The van der Waals surface area contributed by atoms with Gasteiger partial charge in [-0.05, 0) is 31.7 Å². The summed E-state index contributed by atoms with van der Waals surface area (Å²) in [6.45, 7) is 3.31. The van der Waals surface area contributed by atoms with Crippen molar-refractivity contribution in [1.29, 1.82) is 0 Å². The highest BCUT2D eigenvalue weighted by Crippen LogP contribution is 2.36. The van der Waals surface area contributed by atoms with Gasteiger partial charge in [-0.25, -0.2) is 4.98 Å². The quantitative estimate of drug-likeness (QED) is 0.802. The third-order valence-electron chi connectivity index (χ3n) is 3.28. The van der Waals surface area contributed by atoms with Gasteiger partial charge in [0.1, 0.15) is 0 Å². The molecule has 0 aliphatic heterocycles. The topological polar surface area (TPSA) is 29.9 Å². The molecular weight excluding hydrogens is 186 g/mol. The van der Waals surface area contributed by atoms with Gasteiger partial charge in [0.05, 0.1) is 18.1 Å². The lowest BCUT2D eigenvalue weighted by atomic mass is 9.78. The second-order valence-electron chi connectivity index (χ2n) is 4.59. The highest BCUT2D eigenvalue weighted by atomic mass is 15.0. The summed E-state index contributed by atoms with van der Waals surface area (Å²) in [6, 6.07) is 0.486. The summed E-state index contributed by atoms with van der Waals surface area (Å²) < 4.78 is 2.04. The first kappa shape index (κ1) is 10.7. The number of hydrogen-bond acceptors (Lipinski definition) is 2. The Kier molecular flexibility index (Phi) is 3.41. The molecule has 1 aliphatic rings. The van der Waals surface area contributed by atoms with E-state index in [0.29, 0.717) is 6.04 Å². The van der Waals surface area contributed by atoms with Crippen LogP contribution in [0.5, 0.6) is 0 Å². The van der Waals surface area contributed by atoms with Crippen LogP contribution in [-0.4, -0.2) is 16.1 Å². The molecule has 1 N–H and O–H groups in total. The summed E-state index contributed by atoms with van der Waals surface area (Å²) in [5.41, 5.74) is 1.22. The fourth-order valence-electron chi connectivity index (χ4n) is 2.18. The van der Waals surface area contributed by atoms with Crippen molar-refractivity contribution in [3.8, 4) is 0 Å². The molecule has 0 radical (unpaired) electrons. The van der Waals surface area contributed by atoms with Crippen molar-refractivity contribution in [3.05, 3.63) is 18.2 Å². The minimum absolute atomic E-state index is 0.486. The monoisotopic (exact) mass is 207 g/mol.